The van der Waals surface area contributed by atoms with E-state index in [0.29, 0.717) is 18.7 Å². The number of nitrogens with one attached hydrogen (secondary N) is 2. The van der Waals surface area contributed by atoms with E-state index in [9.17, 15) is 14.4 Å². The maximum atomic E-state index is 12.5. The molecule has 1 amide bonds. The Hall–Kier alpha value is -2.67. The minimum Gasteiger partial charge on any atom is -0.341 e. The first-order chi connectivity index (χ1) is 13.1. The molecule has 0 radical (unpaired) electrons. The van der Waals surface area contributed by atoms with Crippen molar-refractivity contribution in [2.75, 3.05) is 32.7 Å². The fourth-order valence-corrected chi connectivity index (χ4v) is 3.44. The van der Waals surface area contributed by atoms with Gasteiger partial charge in [-0.05, 0) is 37.9 Å². The van der Waals surface area contributed by atoms with E-state index in [1.165, 1.54) is 11.8 Å². The van der Waals surface area contributed by atoms with Crippen LogP contribution in [-0.2, 0) is 17.6 Å². The van der Waals surface area contributed by atoms with Gasteiger partial charge >= 0.3 is 5.69 Å². The summed E-state index contributed by atoms with van der Waals surface area (Å²) in [6.07, 6.45) is 4.44. The topological polar surface area (TPSA) is 89.3 Å². The van der Waals surface area contributed by atoms with Gasteiger partial charge in [-0.3, -0.25) is 14.6 Å². The summed E-state index contributed by atoms with van der Waals surface area (Å²) in [5.41, 5.74) is 0.598. The first-order valence-electron chi connectivity index (χ1n) is 9.47. The van der Waals surface area contributed by atoms with Crippen molar-refractivity contribution in [3.63, 3.8) is 0 Å². The highest BCUT2D eigenvalue weighted by atomic mass is 16.2. The maximum Gasteiger partial charge on any atom is 0.325 e. The number of nitrogens with zero attached hydrogens (tertiary/aromatic N) is 2. The van der Waals surface area contributed by atoms with Crippen LogP contribution in [0.15, 0.2) is 46.1 Å². The van der Waals surface area contributed by atoms with E-state index < -0.39 is 11.2 Å². The van der Waals surface area contributed by atoms with Gasteiger partial charge in [0, 0.05) is 31.4 Å². The lowest BCUT2D eigenvalue weighted by molar-refractivity contribution is -0.130. The number of rotatable bonds is 6. The molecule has 0 atom stereocenters. The van der Waals surface area contributed by atoms with E-state index in [2.05, 4.69) is 39.1 Å². The number of H-pyrrole nitrogens is 2. The van der Waals surface area contributed by atoms with Crippen LogP contribution >= 0.6 is 0 Å². The molecule has 7 heteroatoms. The van der Waals surface area contributed by atoms with Gasteiger partial charge in [0.25, 0.3) is 5.56 Å². The predicted molar refractivity (Wildman–Crippen MR) is 104 cm³/mol. The van der Waals surface area contributed by atoms with E-state index in [1.54, 1.807) is 0 Å². The molecular formula is C20H26N4O3. The monoisotopic (exact) mass is 370 g/mol. The molecule has 1 aliphatic rings. The zero-order valence-corrected chi connectivity index (χ0v) is 15.4. The molecule has 0 unspecified atom stereocenters. The molecule has 1 aromatic heterocycles. The summed E-state index contributed by atoms with van der Waals surface area (Å²) < 4.78 is 0. The van der Waals surface area contributed by atoms with Crippen LogP contribution in [0.2, 0.25) is 0 Å². The predicted octanol–water partition coefficient (Wildman–Crippen LogP) is 0.773. The second-order valence-electron chi connectivity index (χ2n) is 6.94. The van der Waals surface area contributed by atoms with Gasteiger partial charge in [-0.25, -0.2) is 4.79 Å². The van der Waals surface area contributed by atoms with Gasteiger partial charge in [-0.1, -0.05) is 30.3 Å². The summed E-state index contributed by atoms with van der Waals surface area (Å²) in [5.74, 6) is -0.0707. The second kappa shape index (κ2) is 9.32. The third-order valence-corrected chi connectivity index (χ3v) is 4.96. The molecule has 0 spiro atoms. The Balaban J connectivity index is 1.46. The van der Waals surface area contributed by atoms with E-state index in [-0.39, 0.29) is 12.3 Å². The lowest BCUT2D eigenvalue weighted by Gasteiger charge is -2.22. The molecule has 0 saturated carbocycles. The Kier molecular flexibility index (Phi) is 6.59. The van der Waals surface area contributed by atoms with Crippen LogP contribution in [0.25, 0.3) is 0 Å². The third kappa shape index (κ3) is 5.65. The van der Waals surface area contributed by atoms with Gasteiger partial charge in [0.05, 0.1) is 6.42 Å². The summed E-state index contributed by atoms with van der Waals surface area (Å²) in [5, 5.41) is 0. The molecule has 0 aliphatic carbocycles. The molecule has 2 N–H and O–H groups in total. The van der Waals surface area contributed by atoms with E-state index in [4.69, 9.17) is 0 Å². The zero-order chi connectivity index (χ0) is 19.1. The Morgan fingerprint density at radius 1 is 1.04 bits per heavy atom. The van der Waals surface area contributed by atoms with Crippen molar-refractivity contribution in [1.29, 1.82) is 0 Å². The average Bonchev–Trinajstić information content (AvgIpc) is 2.91. The van der Waals surface area contributed by atoms with Gasteiger partial charge in [-0.15, -0.1) is 0 Å². The Bertz CT molecular complexity index is 859. The van der Waals surface area contributed by atoms with Crippen LogP contribution in [0, 0.1) is 0 Å². The number of aromatic amines is 2. The quantitative estimate of drug-likeness (QED) is 0.786. The molecule has 144 valence electrons. The average molecular weight is 370 g/mol. The smallest absolute Gasteiger partial charge is 0.325 e. The molecule has 1 aliphatic heterocycles. The van der Waals surface area contributed by atoms with Crippen LogP contribution in [0.4, 0.5) is 0 Å². The van der Waals surface area contributed by atoms with Gasteiger partial charge in [0.2, 0.25) is 5.91 Å². The fourth-order valence-electron chi connectivity index (χ4n) is 3.44. The Morgan fingerprint density at radius 3 is 2.63 bits per heavy atom. The lowest BCUT2D eigenvalue weighted by Crippen LogP contribution is -2.37. The SMILES string of the molecule is O=C(Cc1c[nH]c(=O)[nH]c1=O)N1CCCN(CCCc2ccccc2)CC1. The minimum absolute atomic E-state index is 0.0140. The largest absolute Gasteiger partial charge is 0.341 e. The number of hydrogen-bond donors (Lipinski definition) is 2. The standard InChI is InChI=1S/C20H26N4O3/c25-18(14-17-15-21-20(27)22-19(17)26)24-11-5-10-23(12-13-24)9-4-8-16-6-2-1-3-7-16/h1-3,6-7,15H,4-5,8-14H2,(H2,21,22,26,27). The maximum absolute atomic E-state index is 12.5. The first kappa shape index (κ1) is 19.1. The van der Waals surface area contributed by atoms with Crippen LogP contribution < -0.4 is 11.2 Å². The highest BCUT2D eigenvalue weighted by molar-refractivity contribution is 5.78. The van der Waals surface area contributed by atoms with Crippen molar-refractivity contribution in [2.24, 2.45) is 0 Å². The number of benzene rings is 1. The van der Waals surface area contributed by atoms with Crippen LogP contribution in [0.5, 0.6) is 0 Å². The second-order valence-corrected chi connectivity index (χ2v) is 6.94. The zero-order valence-electron chi connectivity index (χ0n) is 15.4. The number of aryl methyl sites for hydroxylation is 1. The van der Waals surface area contributed by atoms with Crippen molar-refractivity contribution in [3.8, 4) is 0 Å². The highest BCUT2D eigenvalue weighted by Gasteiger charge is 2.20. The fraction of sp³-hybridized carbons (Fsp3) is 0.450. The molecule has 2 heterocycles. The molecule has 3 rings (SSSR count). The molecule has 27 heavy (non-hydrogen) atoms. The first-order valence-corrected chi connectivity index (χ1v) is 9.47. The summed E-state index contributed by atoms with van der Waals surface area (Å²) >= 11 is 0. The molecule has 1 aromatic carbocycles. The molecule has 1 fully saturated rings. The van der Waals surface area contributed by atoms with Gasteiger partial charge in [0.1, 0.15) is 0 Å². The molecule has 0 bridgehead atoms. The van der Waals surface area contributed by atoms with Gasteiger partial charge < -0.3 is 14.8 Å². The lowest BCUT2D eigenvalue weighted by atomic mass is 10.1. The molecule has 7 nitrogen and oxygen atoms in total. The summed E-state index contributed by atoms with van der Waals surface area (Å²) in [4.78, 5) is 44.2. The number of carbonyl (C=O) groups excluding carboxylic acids is 1. The van der Waals surface area contributed by atoms with Crippen molar-refractivity contribution < 1.29 is 4.79 Å². The van der Waals surface area contributed by atoms with E-state index in [0.717, 1.165) is 38.9 Å². The third-order valence-electron chi connectivity index (χ3n) is 4.96. The van der Waals surface area contributed by atoms with Gasteiger partial charge in [-0.2, -0.15) is 0 Å². The Morgan fingerprint density at radius 2 is 1.85 bits per heavy atom. The highest BCUT2D eigenvalue weighted by Crippen LogP contribution is 2.08. The normalized spacial score (nSPS) is 15.5. The van der Waals surface area contributed by atoms with Crippen molar-refractivity contribution in [1.82, 2.24) is 19.8 Å². The number of carbonyl (C=O) groups is 1. The van der Waals surface area contributed by atoms with Crippen molar-refractivity contribution in [2.45, 2.75) is 25.7 Å². The molecule has 1 saturated heterocycles. The van der Waals surface area contributed by atoms with Gasteiger partial charge in [0.15, 0.2) is 0 Å². The number of hydrogen-bond acceptors (Lipinski definition) is 4. The molecule has 2 aromatic rings. The van der Waals surface area contributed by atoms with Crippen LogP contribution in [0.1, 0.15) is 24.0 Å². The van der Waals surface area contributed by atoms with Crippen LogP contribution in [-0.4, -0.2) is 58.4 Å². The summed E-state index contributed by atoms with van der Waals surface area (Å²) in [6, 6.07) is 10.5. The van der Waals surface area contributed by atoms with E-state index >= 15 is 0 Å². The summed E-state index contributed by atoms with van der Waals surface area (Å²) in [6.45, 7) is 4.23. The molecular weight excluding hydrogens is 344 g/mol. The summed E-state index contributed by atoms with van der Waals surface area (Å²) in [7, 11) is 0. The number of amides is 1. The van der Waals surface area contributed by atoms with E-state index in [1.807, 2.05) is 11.0 Å². The number of aromatic nitrogens is 2. The van der Waals surface area contributed by atoms with Crippen molar-refractivity contribution >= 4 is 5.91 Å². The van der Waals surface area contributed by atoms with Crippen LogP contribution in [0.3, 0.4) is 0 Å². The minimum atomic E-state index is -0.558. The van der Waals surface area contributed by atoms with Crippen molar-refractivity contribution in [3.05, 3.63) is 68.5 Å². The Labute approximate surface area is 158 Å².